The molecule has 1 aromatic heterocycles. The van der Waals surface area contributed by atoms with Gasteiger partial charge in [-0.1, -0.05) is 22.8 Å². The maximum absolute atomic E-state index is 12.3. The lowest BCUT2D eigenvalue weighted by Crippen LogP contribution is -2.34. The lowest BCUT2D eigenvalue weighted by molar-refractivity contribution is -0.131. The SMILES string of the molecule is COc1cc(OC)c(C2=NO[C@@H](C(=O)NCc3cccnc3)C2)cc1Cl. The van der Waals surface area contributed by atoms with Gasteiger partial charge in [0.1, 0.15) is 11.5 Å². The summed E-state index contributed by atoms with van der Waals surface area (Å²) >= 11 is 6.19. The number of nitrogens with one attached hydrogen (secondary N) is 1. The zero-order valence-corrected chi connectivity index (χ0v) is 15.1. The van der Waals surface area contributed by atoms with Crippen molar-refractivity contribution in [2.24, 2.45) is 5.16 Å². The molecule has 0 aliphatic carbocycles. The second-order valence-corrected chi connectivity index (χ2v) is 6.01. The first-order chi connectivity index (χ1) is 12.6. The number of carbonyl (C=O) groups is 1. The molecule has 2 heterocycles. The smallest absolute Gasteiger partial charge is 0.264 e. The largest absolute Gasteiger partial charge is 0.496 e. The fraction of sp³-hybridized carbons (Fsp3) is 0.278. The van der Waals surface area contributed by atoms with Gasteiger partial charge >= 0.3 is 0 Å². The molecule has 7 nitrogen and oxygen atoms in total. The molecule has 3 rings (SSSR count). The van der Waals surface area contributed by atoms with Gasteiger partial charge in [-0.2, -0.15) is 0 Å². The standard InChI is InChI=1S/C18H18ClN3O4/c1-24-15-8-16(25-2)13(19)6-12(15)14-7-17(26-22-14)18(23)21-10-11-4-3-5-20-9-11/h3-6,8-9,17H,7,10H2,1-2H3,(H,21,23)/t17-/m1/s1. The minimum absolute atomic E-state index is 0.244. The normalized spacial score (nSPS) is 15.8. The maximum atomic E-state index is 12.3. The number of pyridine rings is 1. The van der Waals surface area contributed by atoms with Crippen molar-refractivity contribution in [2.45, 2.75) is 19.1 Å². The van der Waals surface area contributed by atoms with Gasteiger partial charge in [0.2, 0.25) is 6.10 Å². The summed E-state index contributed by atoms with van der Waals surface area (Å²) in [5.41, 5.74) is 2.16. The van der Waals surface area contributed by atoms with E-state index in [1.54, 1.807) is 31.6 Å². The average Bonchev–Trinajstić information content (AvgIpc) is 3.17. The number of halogens is 1. The number of amides is 1. The molecule has 26 heavy (non-hydrogen) atoms. The Bertz CT molecular complexity index is 827. The Morgan fingerprint density at radius 3 is 2.85 bits per heavy atom. The van der Waals surface area contributed by atoms with Crippen molar-refractivity contribution >= 4 is 23.2 Å². The summed E-state index contributed by atoms with van der Waals surface area (Å²) in [7, 11) is 3.07. The molecule has 0 saturated heterocycles. The van der Waals surface area contributed by atoms with Crippen molar-refractivity contribution in [1.82, 2.24) is 10.3 Å². The van der Waals surface area contributed by atoms with Crippen LogP contribution in [0.4, 0.5) is 0 Å². The number of methoxy groups -OCH3 is 2. The Morgan fingerprint density at radius 2 is 2.15 bits per heavy atom. The molecular formula is C18H18ClN3O4. The molecule has 0 spiro atoms. The Hall–Kier alpha value is -2.80. The molecule has 1 aromatic carbocycles. The van der Waals surface area contributed by atoms with Gasteiger partial charge in [0, 0.05) is 37.0 Å². The van der Waals surface area contributed by atoms with Gasteiger partial charge in [-0.05, 0) is 17.7 Å². The van der Waals surface area contributed by atoms with Crippen molar-refractivity contribution in [3.05, 3.63) is 52.8 Å². The van der Waals surface area contributed by atoms with Crippen molar-refractivity contribution in [2.75, 3.05) is 14.2 Å². The van der Waals surface area contributed by atoms with Crippen LogP contribution in [0.5, 0.6) is 11.5 Å². The van der Waals surface area contributed by atoms with Gasteiger partial charge in [0.05, 0.1) is 25.0 Å². The Morgan fingerprint density at radius 1 is 1.35 bits per heavy atom. The van der Waals surface area contributed by atoms with Gasteiger partial charge in [0.25, 0.3) is 5.91 Å². The van der Waals surface area contributed by atoms with Crippen molar-refractivity contribution < 1.29 is 19.1 Å². The number of ether oxygens (including phenoxy) is 2. The van der Waals surface area contributed by atoms with Gasteiger partial charge < -0.3 is 19.6 Å². The van der Waals surface area contributed by atoms with Gasteiger partial charge in [-0.15, -0.1) is 0 Å². The van der Waals surface area contributed by atoms with E-state index in [4.69, 9.17) is 25.9 Å². The molecule has 0 radical (unpaired) electrons. The van der Waals surface area contributed by atoms with Crippen LogP contribution in [0.2, 0.25) is 5.02 Å². The molecule has 0 fully saturated rings. The average molecular weight is 376 g/mol. The second-order valence-electron chi connectivity index (χ2n) is 5.60. The second kappa shape index (κ2) is 8.05. The highest BCUT2D eigenvalue weighted by Gasteiger charge is 2.30. The van der Waals surface area contributed by atoms with Crippen molar-refractivity contribution in [1.29, 1.82) is 0 Å². The number of nitrogens with zero attached hydrogens (tertiary/aromatic N) is 2. The van der Waals surface area contributed by atoms with Crippen LogP contribution in [0.25, 0.3) is 0 Å². The quantitative estimate of drug-likeness (QED) is 0.839. The zero-order chi connectivity index (χ0) is 18.5. The fourth-order valence-corrected chi connectivity index (χ4v) is 2.81. The van der Waals surface area contributed by atoms with E-state index >= 15 is 0 Å². The van der Waals surface area contributed by atoms with Crippen LogP contribution in [0.15, 0.2) is 41.8 Å². The summed E-state index contributed by atoms with van der Waals surface area (Å²) in [5.74, 6) is 0.800. The number of hydrogen-bond acceptors (Lipinski definition) is 6. The first kappa shape index (κ1) is 18.0. The topological polar surface area (TPSA) is 82.0 Å². The van der Waals surface area contributed by atoms with E-state index in [2.05, 4.69) is 15.5 Å². The highest BCUT2D eigenvalue weighted by atomic mass is 35.5. The lowest BCUT2D eigenvalue weighted by atomic mass is 10.0. The highest BCUT2D eigenvalue weighted by molar-refractivity contribution is 6.32. The molecule has 1 aliphatic heterocycles. The third kappa shape index (κ3) is 3.88. The summed E-state index contributed by atoms with van der Waals surface area (Å²) in [6, 6.07) is 7.07. The fourth-order valence-electron chi connectivity index (χ4n) is 2.57. The van der Waals surface area contributed by atoms with Gasteiger partial charge in [-0.25, -0.2) is 0 Å². The number of oxime groups is 1. The van der Waals surface area contributed by atoms with Crippen LogP contribution < -0.4 is 14.8 Å². The zero-order valence-electron chi connectivity index (χ0n) is 14.4. The van der Waals surface area contributed by atoms with E-state index in [-0.39, 0.29) is 5.91 Å². The molecule has 0 unspecified atom stereocenters. The Balaban J connectivity index is 1.66. The summed E-state index contributed by atoms with van der Waals surface area (Å²) in [6.07, 6.45) is 2.99. The summed E-state index contributed by atoms with van der Waals surface area (Å²) in [6.45, 7) is 0.375. The molecule has 0 bridgehead atoms. The van der Waals surface area contributed by atoms with E-state index in [1.807, 2.05) is 12.1 Å². The molecule has 1 N–H and O–H groups in total. The van der Waals surface area contributed by atoms with Crippen molar-refractivity contribution in [3.63, 3.8) is 0 Å². The van der Waals surface area contributed by atoms with E-state index in [0.29, 0.717) is 40.8 Å². The van der Waals surface area contributed by atoms with Crippen LogP contribution in [0.1, 0.15) is 17.5 Å². The van der Waals surface area contributed by atoms with Crippen LogP contribution in [0.3, 0.4) is 0 Å². The monoisotopic (exact) mass is 375 g/mol. The van der Waals surface area contributed by atoms with Crippen molar-refractivity contribution in [3.8, 4) is 11.5 Å². The van der Waals surface area contributed by atoms with E-state index in [1.165, 1.54) is 7.11 Å². The molecule has 136 valence electrons. The summed E-state index contributed by atoms with van der Waals surface area (Å²) in [4.78, 5) is 21.6. The van der Waals surface area contributed by atoms with Gasteiger partial charge in [0.15, 0.2) is 0 Å². The molecule has 8 heteroatoms. The van der Waals surface area contributed by atoms with E-state index in [9.17, 15) is 4.79 Å². The predicted molar refractivity (Wildman–Crippen MR) is 96.7 cm³/mol. The minimum Gasteiger partial charge on any atom is -0.496 e. The predicted octanol–water partition coefficient (Wildman–Crippen LogP) is 2.56. The molecular weight excluding hydrogens is 358 g/mol. The molecule has 1 amide bonds. The van der Waals surface area contributed by atoms with Crippen LogP contribution in [0, 0.1) is 0 Å². The molecule has 1 aliphatic rings. The lowest BCUT2D eigenvalue weighted by Gasteiger charge is -2.12. The van der Waals surface area contributed by atoms with Crippen LogP contribution in [-0.4, -0.2) is 36.9 Å². The number of benzene rings is 1. The van der Waals surface area contributed by atoms with E-state index in [0.717, 1.165) is 5.56 Å². The molecule has 2 aromatic rings. The molecule has 0 saturated carbocycles. The first-order valence-electron chi connectivity index (χ1n) is 7.93. The third-order valence-electron chi connectivity index (χ3n) is 3.94. The Kier molecular flexibility index (Phi) is 5.58. The summed E-state index contributed by atoms with van der Waals surface area (Å²) < 4.78 is 10.6. The first-order valence-corrected chi connectivity index (χ1v) is 8.31. The minimum atomic E-state index is -0.702. The third-order valence-corrected chi connectivity index (χ3v) is 4.23. The summed E-state index contributed by atoms with van der Waals surface area (Å²) in [5, 5.41) is 7.28. The molecule has 1 atom stereocenters. The number of rotatable bonds is 6. The highest BCUT2D eigenvalue weighted by Crippen LogP contribution is 2.34. The van der Waals surface area contributed by atoms with E-state index < -0.39 is 6.10 Å². The Labute approximate surface area is 155 Å². The number of carbonyl (C=O) groups excluding carboxylic acids is 1. The van der Waals surface area contributed by atoms with Crippen LogP contribution >= 0.6 is 11.6 Å². The maximum Gasteiger partial charge on any atom is 0.264 e. The van der Waals surface area contributed by atoms with Crippen LogP contribution in [-0.2, 0) is 16.2 Å². The number of aromatic nitrogens is 1. The number of hydrogen-bond donors (Lipinski definition) is 1. The van der Waals surface area contributed by atoms with Gasteiger partial charge in [-0.3, -0.25) is 9.78 Å².